The molecule has 20 heteroatoms. The minimum Gasteiger partial charge on any atom is -0.458 e. The van der Waals surface area contributed by atoms with Gasteiger partial charge in [0.25, 0.3) is 5.56 Å². The average molecular weight is 868 g/mol. The summed E-state index contributed by atoms with van der Waals surface area (Å²) in [6.07, 6.45) is 0.774. The van der Waals surface area contributed by atoms with Crippen LogP contribution in [0.1, 0.15) is 64.8 Å². The Hall–Kier alpha value is -7.06. The Morgan fingerprint density at radius 2 is 1.59 bits per heavy atom. The lowest BCUT2D eigenvalue weighted by Gasteiger charge is -2.31. The molecule has 4 heterocycles. The largest absolute Gasteiger partial charge is 0.458 e. The zero-order valence-corrected chi connectivity index (χ0v) is 34.4. The van der Waals surface area contributed by atoms with E-state index in [1.807, 2.05) is 0 Å². The maximum Gasteiger partial charge on any atom is 0.343 e. The number of aryl methyl sites for hydroxylation is 1. The molecule has 2 aromatic carbocycles. The van der Waals surface area contributed by atoms with Gasteiger partial charge in [-0.1, -0.05) is 37.3 Å². The van der Waals surface area contributed by atoms with E-state index in [1.165, 1.54) is 10.6 Å². The van der Waals surface area contributed by atoms with Gasteiger partial charge in [0.05, 0.1) is 67.8 Å². The fraction of sp³-hybridized carbons (Fsp3) is 0.372. The third-order valence-electron chi connectivity index (χ3n) is 11.6. The van der Waals surface area contributed by atoms with Gasteiger partial charge in [-0.15, -0.1) is 0 Å². The smallest absolute Gasteiger partial charge is 0.343 e. The Bertz CT molecular complexity index is 2640. The number of nitrogens with zero attached hydrogens (tertiary/aromatic N) is 2. The second kappa shape index (κ2) is 18.1. The molecule has 3 atom stereocenters. The van der Waals surface area contributed by atoms with E-state index in [1.54, 1.807) is 50.2 Å². The first-order valence-corrected chi connectivity index (χ1v) is 20.4. The second-order valence-electron chi connectivity index (χ2n) is 15.5. The summed E-state index contributed by atoms with van der Waals surface area (Å²) < 4.78 is 21.9. The van der Waals surface area contributed by atoms with Crippen LogP contribution in [0.15, 0.2) is 47.3 Å². The molecule has 0 spiro atoms. The van der Waals surface area contributed by atoms with E-state index in [4.69, 9.17) is 15.5 Å². The van der Waals surface area contributed by atoms with Gasteiger partial charge >= 0.3 is 5.97 Å². The van der Waals surface area contributed by atoms with Crippen LogP contribution in [0.3, 0.4) is 0 Å². The zero-order valence-electron chi connectivity index (χ0n) is 34.4. The Morgan fingerprint density at radius 1 is 0.921 bits per heavy atom. The number of hydrogen-bond acceptors (Lipinski definition) is 12. The number of rotatable bonds is 15. The first-order valence-electron chi connectivity index (χ1n) is 20.4. The van der Waals surface area contributed by atoms with Crippen molar-refractivity contribution in [1.29, 1.82) is 0 Å². The van der Waals surface area contributed by atoms with Crippen molar-refractivity contribution in [3.63, 3.8) is 0 Å². The van der Waals surface area contributed by atoms with Crippen LogP contribution in [-0.4, -0.2) is 94.8 Å². The van der Waals surface area contributed by atoms with Crippen LogP contribution in [0.5, 0.6) is 0 Å². The van der Waals surface area contributed by atoms with Crippen molar-refractivity contribution in [2.45, 2.75) is 70.4 Å². The molecule has 2 aromatic heterocycles. The van der Waals surface area contributed by atoms with Gasteiger partial charge in [-0.25, -0.2) is 14.2 Å². The maximum absolute atomic E-state index is 15.3. The Balaban J connectivity index is 0.989. The SMILES string of the molecule is CC[C@@]1(O)C(=O)OCc2c1cc1n(c2=O)Cc2c-1nc1cc(F)c(C)c3c1c2[C@@H](NC(=O)CNC(=O)CNC(=O)CNC(=O)C(Cc1ccccc1)NC(=O)CNC(=O)CN)CC3. The van der Waals surface area contributed by atoms with E-state index in [9.17, 15) is 43.5 Å². The van der Waals surface area contributed by atoms with E-state index >= 15 is 4.39 Å². The molecule has 330 valence electrons. The summed E-state index contributed by atoms with van der Waals surface area (Å²) in [5.41, 5.74) is 7.06. The van der Waals surface area contributed by atoms with Gasteiger partial charge in [-0.2, -0.15) is 0 Å². The number of carbonyl (C=O) groups is 7. The van der Waals surface area contributed by atoms with Crippen molar-refractivity contribution in [1.82, 2.24) is 41.5 Å². The molecule has 0 fully saturated rings. The predicted octanol–water partition coefficient (Wildman–Crippen LogP) is -1.22. The number of fused-ring (bicyclic) bond motifs is 5. The van der Waals surface area contributed by atoms with Crippen LogP contribution in [-0.2, 0) is 69.9 Å². The number of ether oxygens (including phenoxy) is 1. The summed E-state index contributed by atoms with van der Waals surface area (Å²) in [6, 6.07) is 9.89. The Labute approximate surface area is 358 Å². The number of aliphatic hydroxyl groups is 1. The van der Waals surface area contributed by atoms with Crippen molar-refractivity contribution in [2.24, 2.45) is 5.73 Å². The number of pyridine rings is 2. The molecule has 3 aliphatic rings. The van der Waals surface area contributed by atoms with Crippen molar-refractivity contribution < 1.29 is 47.8 Å². The normalized spacial score (nSPS) is 17.3. The number of benzene rings is 2. The number of nitrogens with one attached hydrogen (secondary N) is 6. The quantitative estimate of drug-likeness (QED) is 0.0576. The molecule has 63 heavy (non-hydrogen) atoms. The summed E-state index contributed by atoms with van der Waals surface area (Å²) in [5, 5.41) is 27.0. The maximum atomic E-state index is 15.3. The molecule has 0 radical (unpaired) electrons. The topological polar surface area (TPSA) is 282 Å². The van der Waals surface area contributed by atoms with Crippen LogP contribution >= 0.6 is 0 Å². The predicted molar refractivity (Wildman–Crippen MR) is 222 cm³/mol. The number of cyclic esters (lactones) is 1. The fourth-order valence-electron chi connectivity index (χ4n) is 8.27. The molecule has 7 rings (SSSR count). The average Bonchev–Trinajstić information content (AvgIpc) is 3.65. The molecular formula is C43H46FN9O10. The Kier molecular flexibility index (Phi) is 12.7. The highest BCUT2D eigenvalue weighted by molar-refractivity contribution is 5.95. The standard InChI is InChI=1S/C43H46FN9O10/c1-3-43(62)26-12-31-39-24(19-53(31)41(60)25(26)20-63-42(43)61)38-28(10-9-23-21(2)27(44)13-29(52-39)37(23)38)50-35(57)18-48-33(55)15-47-34(56)16-49-40(59)30(11-22-7-5-4-6-8-22)51-36(58)17-46-32(54)14-45/h4-8,12-13,28,30,62H,3,9-11,14-20,45H2,1-2H3,(H,46,54)(H,47,56)(H,48,55)(H,49,59)(H,50,57)(H,51,58)/t28-,30?,43-/m0/s1. The number of hydrogen-bond donors (Lipinski definition) is 8. The molecule has 0 bridgehead atoms. The molecule has 0 saturated heterocycles. The summed E-state index contributed by atoms with van der Waals surface area (Å²) in [4.78, 5) is 107. The third kappa shape index (κ3) is 8.85. The highest BCUT2D eigenvalue weighted by Gasteiger charge is 2.46. The van der Waals surface area contributed by atoms with Crippen molar-refractivity contribution in [3.05, 3.63) is 97.6 Å². The minimum absolute atomic E-state index is 0.0455. The second-order valence-corrected chi connectivity index (χ2v) is 15.5. The molecule has 2 aliphatic heterocycles. The highest BCUT2D eigenvalue weighted by Crippen LogP contribution is 2.46. The van der Waals surface area contributed by atoms with E-state index in [0.29, 0.717) is 62.9 Å². The molecule has 6 amide bonds. The van der Waals surface area contributed by atoms with Gasteiger partial charge in [-0.3, -0.25) is 33.6 Å². The van der Waals surface area contributed by atoms with Gasteiger partial charge in [-0.05, 0) is 54.5 Å². The van der Waals surface area contributed by atoms with Crippen LogP contribution in [0, 0.1) is 12.7 Å². The van der Waals surface area contributed by atoms with Crippen LogP contribution < -0.4 is 43.2 Å². The first-order chi connectivity index (χ1) is 30.1. The van der Waals surface area contributed by atoms with Gasteiger partial charge < -0.3 is 52.0 Å². The van der Waals surface area contributed by atoms with Crippen LogP contribution in [0.4, 0.5) is 4.39 Å². The molecule has 1 aliphatic carbocycles. The Morgan fingerprint density at radius 3 is 2.29 bits per heavy atom. The first kappa shape index (κ1) is 44.0. The van der Waals surface area contributed by atoms with Crippen molar-refractivity contribution >= 4 is 52.3 Å². The van der Waals surface area contributed by atoms with E-state index in [0.717, 1.165) is 0 Å². The van der Waals surface area contributed by atoms with Gasteiger partial charge in [0.15, 0.2) is 5.60 Å². The summed E-state index contributed by atoms with van der Waals surface area (Å²) in [6.45, 7) is 0.697. The number of nitrogens with two attached hydrogens (primary N) is 1. The lowest BCUT2D eigenvalue weighted by molar-refractivity contribution is -0.172. The lowest BCUT2D eigenvalue weighted by atomic mass is 9.81. The van der Waals surface area contributed by atoms with Gasteiger partial charge in [0.1, 0.15) is 18.5 Å². The van der Waals surface area contributed by atoms with Gasteiger partial charge in [0, 0.05) is 29.0 Å². The van der Waals surface area contributed by atoms with Crippen molar-refractivity contribution in [2.75, 3.05) is 32.7 Å². The zero-order chi connectivity index (χ0) is 45.2. The molecule has 1 unspecified atom stereocenters. The minimum atomic E-state index is -2.05. The van der Waals surface area contributed by atoms with E-state index < -0.39 is 96.7 Å². The van der Waals surface area contributed by atoms with Crippen LogP contribution in [0.2, 0.25) is 0 Å². The van der Waals surface area contributed by atoms with E-state index in [-0.39, 0.29) is 43.7 Å². The third-order valence-corrected chi connectivity index (χ3v) is 11.6. The lowest BCUT2D eigenvalue weighted by Crippen LogP contribution is -2.52. The monoisotopic (exact) mass is 867 g/mol. The van der Waals surface area contributed by atoms with Gasteiger partial charge in [0.2, 0.25) is 35.4 Å². The molecular weight excluding hydrogens is 822 g/mol. The van der Waals surface area contributed by atoms with E-state index in [2.05, 4.69) is 31.9 Å². The molecule has 9 N–H and O–H groups in total. The number of carbonyl (C=O) groups excluding carboxylic acids is 7. The number of halogens is 1. The molecule has 19 nitrogen and oxygen atoms in total. The molecule has 0 saturated carbocycles. The molecule has 4 aromatic rings. The number of esters is 1. The summed E-state index contributed by atoms with van der Waals surface area (Å²) >= 11 is 0. The summed E-state index contributed by atoms with van der Waals surface area (Å²) in [5.74, 6) is -5.26. The number of aromatic nitrogens is 2. The summed E-state index contributed by atoms with van der Waals surface area (Å²) in [7, 11) is 0. The number of amides is 6. The highest BCUT2D eigenvalue weighted by atomic mass is 19.1. The van der Waals surface area contributed by atoms with Crippen LogP contribution in [0.25, 0.3) is 22.3 Å². The van der Waals surface area contributed by atoms with Crippen molar-refractivity contribution in [3.8, 4) is 11.4 Å². The fourth-order valence-corrected chi connectivity index (χ4v) is 8.27.